The predicted octanol–water partition coefficient (Wildman–Crippen LogP) is 3.63. The lowest BCUT2D eigenvalue weighted by Gasteiger charge is -2.12. The van der Waals surface area contributed by atoms with Gasteiger partial charge in [-0.25, -0.2) is 0 Å². The molecule has 2 aromatic rings. The molecule has 0 saturated heterocycles. The van der Waals surface area contributed by atoms with Crippen LogP contribution < -0.4 is 10.5 Å². The molecule has 0 aliphatic rings. The van der Waals surface area contributed by atoms with Crippen molar-refractivity contribution in [3.63, 3.8) is 0 Å². The summed E-state index contributed by atoms with van der Waals surface area (Å²) in [5, 5.41) is 18.9. The lowest BCUT2D eigenvalue weighted by atomic mass is 10.1. The minimum Gasteiger partial charge on any atom is -0.449 e. The van der Waals surface area contributed by atoms with Gasteiger partial charge in [0, 0.05) is 6.07 Å². The number of rotatable bonds is 4. The first-order valence-corrected chi connectivity index (χ1v) is 6.33. The Hall–Kier alpha value is -2.60. The Balaban J connectivity index is 2.51. The first-order chi connectivity index (χ1) is 9.90. The van der Waals surface area contributed by atoms with Crippen molar-refractivity contribution in [2.75, 3.05) is 0 Å². The van der Waals surface area contributed by atoms with Crippen molar-refractivity contribution in [3.8, 4) is 11.5 Å². The molecule has 0 atom stereocenters. The summed E-state index contributed by atoms with van der Waals surface area (Å²) in [6.07, 6.45) is 0. The minimum absolute atomic E-state index is 0.0652. The number of nitrogens with two attached hydrogens (primary N) is 1. The maximum absolute atomic E-state index is 11.1. The summed E-state index contributed by atoms with van der Waals surface area (Å²) < 4.78 is 5.55. The monoisotopic (exact) mass is 305 g/mol. The number of nitro benzene ring substituents is 1. The molecule has 7 heteroatoms. The number of benzene rings is 2. The van der Waals surface area contributed by atoms with Crippen LogP contribution in [-0.4, -0.2) is 10.8 Å². The number of hydrogen-bond donors (Lipinski definition) is 2. The standard InChI is InChI=1S/C14H12ClN3O3/c1-8-5-6-11(10(7-8)18(19)20)21-12-4-2-3-9(15)13(12)14(16)17/h2-7H,1H3,(H3,16,17). The Kier molecular flexibility index (Phi) is 4.09. The summed E-state index contributed by atoms with van der Waals surface area (Å²) in [4.78, 5) is 10.6. The second-order valence-corrected chi connectivity index (χ2v) is 4.76. The number of hydrogen-bond acceptors (Lipinski definition) is 4. The van der Waals surface area contributed by atoms with E-state index in [9.17, 15) is 10.1 Å². The van der Waals surface area contributed by atoms with Crippen LogP contribution in [0.4, 0.5) is 5.69 Å². The first-order valence-electron chi connectivity index (χ1n) is 5.96. The van der Waals surface area contributed by atoms with E-state index in [4.69, 9.17) is 27.5 Å². The summed E-state index contributed by atoms with van der Waals surface area (Å²) >= 11 is 5.98. The van der Waals surface area contributed by atoms with Crippen LogP contribution in [-0.2, 0) is 0 Å². The van der Waals surface area contributed by atoms with Crippen molar-refractivity contribution in [1.29, 1.82) is 5.41 Å². The van der Waals surface area contributed by atoms with E-state index in [1.54, 1.807) is 31.2 Å². The van der Waals surface area contributed by atoms with Crippen molar-refractivity contribution in [3.05, 3.63) is 62.7 Å². The highest BCUT2D eigenvalue weighted by molar-refractivity contribution is 6.34. The molecule has 0 saturated carbocycles. The smallest absolute Gasteiger partial charge is 0.311 e. The van der Waals surface area contributed by atoms with Gasteiger partial charge in [-0.2, -0.15) is 0 Å². The molecule has 0 amide bonds. The molecule has 0 spiro atoms. The third kappa shape index (κ3) is 3.11. The van der Waals surface area contributed by atoms with E-state index in [-0.39, 0.29) is 33.6 Å². The number of aryl methyl sites for hydroxylation is 1. The topological polar surface area (TPSA) is 102 Å². The van der Waals surface area contributed by atoms with Gasteiger partial charge in [0.05, 0.1) is 15.5 Å². The fourth-order valence-corrected chi connectivity index (χ4v) is 2.09. The van der Waals surface area contributed by atoms with E-state index in [1.165, 1.54) is 12.1 Å². The van der Waals surface area contributed by atoms with Gasteiger partial charge in [-0.1, -0.05) is 23.7 Å². The zero-order valence-electron chi connectivity index (χ0n) is 11.1. The fraction of sp³-hybridized carbons (Fsp3) is 0.0714. The molecular formula is C14H12ClN3O3. The molecule has 2 rings (SSSR count). The lowest BCUT2D eigenvalue weighted by Crippen LogP contribution is -2.13. The molecule has 6 nitrogen and oxygen atoms in total. The quantitative estimate of drug-likeness (QED) is 0.389. The molecular weight excluding hydrogens is 294 g/mol. The van der Waals surface area contributed by atoms with Crippen molar-refractivity contribution < 1.29 is 9.66 Å². The Bertz CT molecular complexity index is 731. The maximum atomic E-state index is 11.1. The highest BCUT2D eigenvalue weighted by Crippen LogP contribution is 2.35. The third-order valence-electron chi connectivity index (χ3n) is 2.78. The van der Waals surface area contributed by atoms with Crippen molar-refractivity contribution in [2.45, 2.75) is 6.92 Å². The first kappa shape index (κ1) is 14.8. The maximum Gasteiger partial charge on any atom is 0.311 e. The zero-order valence-corrected chi connectivity index (χ0v) is 11.8. The Labute approximate surface area is 125 Å². The minimum atomic E-state index is -0.527. The number of nitrogens with one attached hydrogen (secondary N) is 1. The van der Waals surface area contributed by atoms with E-state index in [0.717, 1.165) is 5.56 Å². The van der Waals surface area contributed by atoms with Gasteiger partial charge in [0.15, 0.2) is 0 Å². The number of nitrogens with zero attached hydrogens (tertiary/aromatic N) is 1. The molecule has 0 fully saturated rings. The fourth-order valence-electron chi connectivity index (χ4n) is 1.83. The Morgan fingerprint density at radius 2 is 2.05 bits per heavy atom. The van der Waals surface area contributed by atoms with Crippen LogP contribution in [0.2, 0.25) is 5.02 Å². The summed E-state index contributed by atoms with van der Waals surface area (Å²) in [5.41, 5.74) is 6.26. The van der Waals surface area contributed by atoms with Crippen LogP contribution in [0.25, 0.3) is 0 Å². The molecule has 2 aromatic carbocycles. The van der Waals surface area contributed by atoms with Crippen LogP contribution >= 0.6 is 11.6 Å². The summed E-state index contributed by atoms with van der Waals surface area (Å²) in [5.74, 6) is -0.0114. The van der Waals surface area contributed by atoms with E-state index in [2.05, 4.69) is 0 Å². The molecule has 0 aliphatic heterocycles. The number of halogens is 1. The third-order valence-corrected chi connectivity index (χ3v) is 3.09. The highest BCUT2D eigenvalue weighted by atomic mass is 35.5. The van der Waals surface area contributed by atoms with Crippen molar-refractivity contribution in [1.82, 2.24) is 0 Å². The average molecular weight is 306 g/mol. The number of amidine groups is 1. The molecule has 21 heavy (non-hydrogen) atoms. The Morgan fingerprint density at radius 1 is 1.33 bits per heavy atom. The molecule has 0 heterocycles. The van der Waals surface area contributed by atoms with Gasteiger partial charge in [-0.15, -0.1) is 0 Å². The van der Waals surface area contributed by atoms with E-state index in [1.807, 2.05) is 0 Å². The van der Waals surface area contributed by atoms with Crippen LogP contribution in [0, 0.1) is 22.4 Å². The molecule has 0 aliphatic carbocycles. The van der Waals surface area contributed by atoms with Gasteiger partial charge in [0.2, 0.25) is 5.75 Å². The number of nitrogen functional groups attached to an aromatic ring is 1. The van der Waals surface area contributed by atoms with Gasteiger partial charge < -0.3 is 10.5 Å². The second kappa shape index (κ2) is 5.80. The van der Waals surface area contributed by atoms with E-state index >= 15 is 0 Å². The average Bonchev–Trinajstić information content (AvgIpc) is 2.40. The van der Waals surface area contributed by atoms with Crippen molar-refractivity contribution in [2.24, 2.45) is 5.73 Å². The Morgan fingerprint density at radius 3 is 2.67 bits per heavy atom. The van der Waals surface area contributed by atoms with Gasteiger partial charge in [-0.3, -0.25) is 15.5 Å². The van der Waals surface area contributed by atoms with Gasteiger partial charge in [-0.05, 0) is 30.7 Å². The molecule has 0 radical (unpaired) electrons. The second-order valence-electron chi connectivity index (χ2n) is 4.36. The molecule has 0 aromatic heterocycles. The molecule has 108 valence electrons. The van der Waals surface area contributed by atoms with Crippen LogP contribution in [0.1, 0.15) is 11.1 Å². The summed E-state index contributed by atoms with van der Waals surface area (Å²) in [6.45, 7) is 1.75. The van der Waals surface area contributed by atoms with Crippen molar-refractivity contribution >= 4 is 23.1 Å². The molecule has 0 unspecified atom stereocenters. The SMILES string of the molecule is Cc1ccc(Oc2cccc(Cl)c2C(=N)N)c([N+](=O)[O-])c1. The van der Waals surface area contributed by atoms with Gasteiger partial charge in [0.25, 0.3) is 0 Å². The highest BCUT2D eigenvalue weighted by Gasteiger charge is 2.19. The lowest BCUT2D eigenvalue weighted by molar-refractivity contribution is -0.385. The predicted molar refractivity (Wildman–Crippen MR) is 80.4 cm³/mol. The van der Waals surface area contributed by atoms with E-state index < -0.39 is 4.92 Å². The van der Waals surface area contributed by atoms with Crippen LogP contribution in [0.15, 0.2) is 36.4 Å². The number of nitro groups is 1. The molecule has 0 bridgehead atoms. The number of ether oxygens (including phenoxy) is 1. The molecule has 3 N–H and O–H groups in total. The van der Waals surface area contributed by atoms with Gasteiger partial charge >= 0.3 is 5.69 Å². The van der Waals surface area contributed by atoms with E-state index in [0.29, 0.717) is 0 Å². The van der Waals surface area contributed by atoms with Gasteiger partial charge in [0.1, 0.15) is 11.6 Å². The normalized spacial score (nSPS) is 10.2. The summed E-state index contributed by atoms with van der Waals surface area (Å²) in [7, 11) is 0. The summed E-state index contributed by atoms with van der Waals surface area (Å²) in [6, 6.07) is 9.33. The zero-order chi connectivity index (χ0) is 15.6. The largest absolute Gasteiger partial charge is 0.449 e. The van der Waals surface area contributed by atoms with Crippen LogP contribution in [0.3, 0.4) is 0 Å². The van der Waals surface area contributed by atoms with Crippen LogP contribution in [0.5, 0.6) is 11.5 Å².